The highest BCUT2D eigenvalue weighted by Crippen LogP contribution is 2.44. The highest BCUT2D eigenvalue weighted by molar-refractivity contribution is 7.25. The number of fused-ring (bicyclic) bond motifs is 6. The monoisotopic (exact) mass is 583 g/mol. The van der Waals surface area contributed by atoms with E-state index in [0.717, 1.165) is 50.0 Å². The lowest BCUT2D eigenvalue weighted by Gasteiger charge is -2.25. The number of nitrogens with zero attached hydrogens (tertiary/aromatic N) is 2. The molecule has 0 aliphatic carbocycles. The van der Waals surface area contributed by atoms with Gasteiger partial charge < -0.3 is 9.73 Å². The van der Waals surface area contributed by atoms with Gasteiger partial charge in [-0.2, -0.15) is 0 Å². The second kappa shape index (κ2) is 10.0. The van der Waals surface area contributed by atoms with Crippen molar-refractivity contribution >= 4 is 65.1 Å². The van der Waals surface area contributed by atoms with Crippen molar-refractivity contribution in [2.75, 3.05) is 0 Å². The molecule has 208 valence electrons. The minimum absolute atomic E-state index is 0.307. The van der Waals surface area contributed by atoms with Crippen molar-refractivity contribution in [2.24, 2.45) is 9.98 Å². The lowest BCUT2D eigenvalue weighted by molar-refractivity contribution is 0.668. The van der Waals surface area contributed by atoms with E-state index < -0.39 is 0 Å². The molecule has 1 atom stereocenters. The summed E-state index contributed by atoms with van der Waals surface area (Å²) in [7, 11) is 0. The van der Waals surface area contributed by atoms with Gasteiger partial charge in [0.25, 0.3) is 0 Å². The minimum atomic E-state index is -0.307. The molecule has 0 spiro atoms. The summed E-state index contributed by atoms with van der Waals surface area (Å²) in [6.07, 6.45) is -0.307. The SMILES string of the molecule is c1ccc(C2=NC(c3ccccc3)NC(c3c(-c4cccc5sc6ccccc6c45)ccc4oc5ccccc5c34)=N2)cc1. The number of amidine groups is 2. The zero-order valence-corrected chi connectivity index (χ0v) is 24.4. The van der Waals surface area contributed by atoms with Crippen LogP contribution in [-0.4, -0.2) is 11.7 Å². The Morgan fingerprint density at radius 1 is 0.568 bits per heavy atom. The van der Waals surface area contributed by atoms with E-state index in [0.29, 0.717) is 5.84 Å². The van der Waals surface area contributed by atoms with Gasteiger partial charge in [0, 0.05) is 42.1 Å². The molecule has 3 heterocycles. The average molecular weight is 584 g/mol. The van der Waals surface area contributed by atoms with E-state index in [9.17, 15) is 0 Å². The molecule has 9 rings (SSSR count). The Bertz CT molecular complexity index is 2420. The smallest absolute Gasteiger partial charge is 0.159 e. The van der Waals surface area contributed by atoms with Gasteiger partial charge in [-0.15, -0.1) is 11.3 Å². The molecule has 8 aromatic rings. The van der Waals surface area contributed by atoms with Gasteiger partial charge in [0.05, 0.1) is 0 Å². The summed E-state index contributed by atoms with van der Waals surface area (Å²) in [6, 6.07) is 48.4. The van der Waals surface area contributed by atoms with Crippen molar-refractivity contribution in [1.29, 1.82) is 0 Å². The van der Waals surface area contributed by atoms with Gasteiger partial charge in [0.1, 0.15) is 23.2 Å². The summed E-state index contributed by atoms with van der Waals surface area (Å²) in [5.41, 5.74) is 7.02. The largest absolute Gasteiger partial charge is 0.456 e. The first kappa shape index (κ1) is 25.0. The van der Waals surface area contributed by atoms with Crippen LogP contribution < -0.4 is 5.32 Å². The van der Waals surface area contributed by atoms with Gasteiger partial charge in [0.15, 0.2) is 5.84 Å². The van der Waals surface area contributed by atoms with E-state index >= 15 is 0 Å². The molecule has 0 saturated heterocycles. The standard InChI is InChI=1S/C39H25N3OS/c1-3-12-24(13-4-1)37-40-38(25-14-5-2-6-15-25)42-39(41-37)36-27(22-23-31-35(36)28-16-7-9-19-30(28)43-31)26-18-11-21-33-34(26)29-17-8-10-20-32(29)44-33/h1-23,37H,(H,40,41,42). The number of benzene rings is 6. The third kappa shape index (κ3) is 3.98. The van der Waals surface area contributed by atoms with E-state index in [-0.39, 0.29) is 6.17 Å². The first-order valence-electron chi connectivity index (χ1n) is 14.7. The fourth-order valence-electron chi connectivity index (χ4n) is 6.38. The van der Waals surface area contributed by atoms with Crippen LogP contribution in [0.1, 0.15) is 22.9 Å². The molecule has 0 amide bonds. The first-order chi connectivity index (χ1) is 21.8. The van der Waals surface area contributed by atoms with Crippen molar-refractivity contribution in [3.05, 3.63) is 156 Å². The number of aliphatic imine (C=N–C) groups is 2. The summed E-state index contributed by atoms with van der Waals surface area (Å²) < 4.78 is 8.97. The summed E-state index contributed by atoms with van der Waals surface area (Å²) in [5, 5.41) is 8.37. The maximum absolute atomic E-state index is 6.43. The minimum Gasteiger partial charge on any atom is -0.456 e. The Morgan fingerprint density at radius 2 is 1.30 bits per heavy atom. The Kier molecular flexibility index (Phi) is 5.71. The Balaban J connectivity index is 1.38. The molecule has 0 fully saturated rings. The fraction of sp³-hybridized carbons (Fsp3) is 0.0256. The summed E-state index contributed by atoms with van der Waals surface area (Å²) in [4.78, 5) is 10.4. The van der Waals surface area contributed by atoms with Crippen LogP contribution in [-0.2, 0) is 0 Å². The number of hydrogen-bond donors (Lipinski definition) is 1. The van der Waals surface area contributed by atoms with Gasteiger partial charge in [-0.1, -0.05) is 109 Å². The summed E-state index contributed by atoms with van der Waals surface area (Å²) >= 11 is 1.83. The molecule has 0 saturated carbocycles. The molecule has 4 nitrogen and oxygen atoms in total. The molecule has 0 radical (unpaired) electrons. The number of hydrogen-bond acceptors (Lipinski definition) is 5. The molecule has 1 unspecified atom stereocenters. The molecule has 6 aromatic carbocycles. The molecule has 1 aliphatic heterocycles. The van der Waals surface area contributed by atoms with Crippen LogP contribution in [0.5, 0.6) is 0 Å². The topological polar surface area (TPSA) is 49.9 Å². The maximum Gasteiger partial charge on any atom is 0.159 e. The van der Waals surface area contributed by atoms with Crippen molar-refractivity contribution in [3.8, 4) is 11.1 Å². The Hall–Kier alpha value is -5.52. The average Bonchev–Trinajstić information content (AvgIpc) is 3.67. The summed E-state index contributed by atoms with van der Waals surface area (Å²) in [5.74, 6) is 1.47. The third-order valence-electron chi connectivity index (χ3n) is 8.36. The van der Waals surface area contributed by atoms with Crippen LogP contribution in [0.3, 0.4) is 0 Å². The van der Waals surface area contributed by atoms with Crippen LogP contribution in [0.15, 0.2) is 154 Å². The predicted octanol–water partition coefficient (Wildman–Crippen LogP) is 10.1. The van der Waals surface area contributed by atoms with E-state index in [1.165, 1.54) is 25.7 Å². The highest BCUT2D eigenvalue weighted by atomic mass is 32.1. The number of nitrogens with one attached hydrogen (secondary N) is 1. The molecule has 5 heteroatoms. The highest BCUT2D eigenvalue weighted by Gasteiger charge is 2.27. The van der Waals surface area contributed by atoms with E-state index in [4.69, 9.17) is 14.4 Å². The van der Waals surface area contributed by atoms with Gasteiger partial charge >= 0.3 is 0 Å². The molecule has 44 heavy (non-hydrogen) atoms. The zero-order chi connectivity index (χ0) is 29.0. The summed E-state index contributed by atoms with van der Waals surface area (Å²) in [6.45, 7) is 0. The second-order valence-corrected chi connectivity index (χ2v) is 12.1. The van der Waals surface area contributed by atoms with Crippen molar-refractivity contribution in [2.45, 2.75) is 6.17 Å². The number of furan rings is 1. The normalized spacial score (nSPS) is 15.0. The number of thiophene rings is 1. The molecule has 2 aromatic heterocycles. The number of para-hydroxylation sites is 1. The van der Waals surface area contributed by atoms with Crippen LogP contribution in [0.2, 0.25) is 0 Å². The van der Waals surface area contributed by atoms with Crippen LogP contribution >= 0.6 is 11.3 Å². The zero-order valence-electron chi connectivity index (χ0n) is 23.6. The lowest BCUT2D eigenvalue weighted by Crippen LogP contribution is -2.34. The third-order valence-corrected chi connectivity index (χ3v) is 9.50. The van der Waals surface area contributed by atoms with Crippen LogP contribution in [0.25, 0.3) is 53.2 Å². The molecular formula is C39H25N3OS. The first-order valence-corrected chi connectivity index (χ1v) is 15.5. The van der Waals surface area contributed by atoms with Crippen molar-refractivity contribution in [1.82, 2.24) is 5.32 Å². The quantitative estimate of drug-likeness (QED) is 0.224. The molecule has 1 N–H and O–H groups in total. The van der Waals surface area contributed by atoms with Gasteiger partial charge in [-0.05, 0) is 47.0 Å². The van der Waals surface area contributed by atoms with E-state index in [2.05, 4.69) is 108 Å². The maximum atomic E-state index is 6.43. The van der Waals surface area contributed by atoms with Crippen LogP contribution in [0, 0.1) is 0 Å². The van der Waals surface area contributed by atoms with E-state index in [1.807, 2.05) is 47.7 Å². The van der Waals surface area contributed by atoms with Gasteiger partial charge in [-0.3, -0.25) is 0 Å². The van der Waals surface area contributed by atoms with Crippen molar-refractivity contribution < 1.29 is 4.42 Å². The Labute approximate surface area is 257 Å². The Morgan fingerprint density at radius 3 is 2.16 bits per heavy atom. The second-order valence-electron chi connectivity index (χ2n) is 11.0. The van der Waals surface area contributed by atoms with E-state index in [1.54, 1.807) is 0 Å². The molecule has 1 aliphatic rings. The van der Waals surface area contributed by atoms with Crippen LogP contribution in [0.4, 0.5) is 0 Å². The molecular weight excluding hydrogens is 559 g/mol. The molecule has 0 bridgehead atoms. The van der Waals surface area contributed by atoms with Gasteiger partial charge in [0.2, 0.25) is 0 Å². The predicted molar refractivity (Wildman–Crippen MR) is 184 cm³/mol. The number of rotatable bonds is 4. The van der Waals surface area contributed by atoms with Gasteiger partial charge in [-0.25, -0.2) is 9.98 Å². The van der Waals surface area contributed by atoms with Crippen molar-refractivity contribution in [3.63, 3.8) is 0 Å². The lowest BCUT2D eigenvalue weighted by atomic mass is 9.91. The fourth-order valence-corrected chi connectivity index (χ4v) is 7.52.